The van der Waals surface area contributed by atoms with E-state index < -0.39 is 0 Å². The first-order valence-corrected chi connectivity index (χ1v) is 7.30. The monoisotopic (exact) mass is 289 g/mol. The van der Waals surface area contributed by atoms with Gasteiger partial charge in [-0.25, -0.2) is 0 Å². The molecule has 1 amide bonds. The third-order valence-electron chi connectivity index (χ3n) is 3.55. The molecule has 0 N–H and O–H groups in total. The van der Waals surface area contributed by atoms with Gasteiger partial charge in [-0.15, -0.1) is 0 Å². The van der Waals surface area contributed by atoms with E-state index in [1.807, 2.05) is 37.1 Å². The van der Waals surface area contributed by atoms with Gasteiger partial charge in [-0.05, 0) is 25.5 Å². The van der Waals surface area contributed by atoms with Crippen LogP contribution < -0.4 is 0 Å². The average Bonchev–Trinajstić information content (AvgIpc) is 2.79. The Morgan fingerprint density at radius 1 is 1.38 bits per heavy atom. The first-order chi connectivity index (χ1) is 10.1. The molecule has 1 heterocycles. The Morgan fingerprint density at radius 3 is 2.81 bits per heavy atom. The van der Waals surface area contributed by atoms with Crippen LogP contribution in [-0.4, -0.2) is 47.4 Å². The van der Waals surface area contributed by atoms with Crippen LogP contribution in [0.2, 0.25) is 0 Å². The molecule has 0 saturated heterocycles. The van der Waals surface area contributed by atoms with Crippen molar-refractivity contribution >= 4 is 16.8 Å². The van der Waals surface area contributed by atoms with E-state index in [-0.39, 0.29) is 5.91 Å². The summed E-state index contributed by atoms with van der Waals surface area (Å²) >= 11 is 0. The van der Waals surface area contributed by atoms with Gasteiger partial charge in [-0.1, -0.05) is 18.6 Å². The van der Waals surface area contributed by atoms with Crippen molar-refractivity contribution in [3.8, 4) is 0 Å². The van der Waals surface area contributed by atoms with E-state index in [2.05, 4.69) is 12.0 Å². The minimum atomic E-state index is -0.0231. The molecule has 1 aromatic carbocycles. The molecule has 2 rings (SSSR count). The molecular formula is C16H23N3O2. The van der Waals surface area contributed by atoms with E-state index in [1.165, 1.54) is 0 Å². The highest BCUT2D eigenvalue weighted by Gasteiger charge is 2.21. The molecule has 0 aliphatic carbocycles. The van der Waals surface area contributed by atoms with E-state index in [0.29, 0.717) is 25.4 Å². The Hall–Kier alpha value is -1.88. The third-order valence-corrected chi connectivity index (χ3v) is 3.55. The first kappa shape index (κ1) is 15.5. The molecule has 2 aromatic rings. The predicted molar refractivity (Wildman–Crippen MR) is 83.5 cm³/mol. The van der Waals surface area contributed by atoms with Gasteiger partial charge in [0.05, 0.1) is 12.1 Å². The zero-order chi connectivity index (χ0) is 15.4. The van der Waals surface area contributed by atoms with Crippen molar-refractivity contribution in [1.29, 1.82) is 0 Å². The number of ether oxygens (including phenoxy) is 1. The molecule has 0 saturated carbocycles. The number of benzene rings is 1. The number of aryl methyl sites for hydroxylation is 2. The summed E-state index contributed by atoms with van der Waals surface area (Å²) in [6.45, 7) is 5.93. The van der Waals surface area contributed by atoms with Gasteiger partial charge in [0.2, 0.25) is 0 Å². The quantitative estimate of drug-likeness (QED) is 0.820. The number of carbonyl (C=O) groups is 1. The summed E-state index contributed by atoms with van der Waals surface area (Å²) in [7, 11) is 3.52. The lowest BCUT2D eigenvalue weighted by Crippen LogP contribution is -2.35. The Morgan fingerprint density at radius 2 is 2.14 bits per heavy atom. The van der Waals surface area contributed by atoms with Gasteiger partial charge in [0.25, 0.3) is 5.91 Å². The van der Waals surface area contributed by atoms with E-state index >= 15 is 0 Å². The van der Waals surface area contributed by atoms with Crippen LogP contribution in [0.5, 0.6) is 0 Å². The number of rotatable bonds is 6. The third kappa shape index (κ3) is 3.24. The van der Waals surface area contributed by atoms with Crippen molar-refractivity contribution in [1.82, 2.24) is 14.7 Å². The highest BCUT2D eigenvalue weighted by atomic mass is 16.5. The number of nitrogens with zero attached hydrogens (tertiary/aromatic N) is 3. The second kappa shape index (κ2) is 6.72. The van der Waals surface area contributed by atoms with Gasteiger partial charge in [-0.3, -0.25) is 9.48 Å². The number of fused-ring (bicyclic) bond motifs is 1. The second-order valence-electron chi connectivity index (χ2n) is 5.28. The van der Waals surface area contributed by atoms with Crippen LogP contribution in [0, 0.1) is 6.92 Å². The maximum absolute atomic E-state index is 12.8. The summed E-state index contributed by atoms with van der Waals surface area (Å²) in [4.78, 5) is 14.6. The normalized spacial score (nSPS) is 11.0. The minimum absolute atomic E-state index is 0.0231. The van der Waals surface area contributed by atoms with Gasteiger partial charge >= 0.3 is 0 Å². The smallest absolute Gasteiger partial charge is 0.275 e. The Kier molecular flexibility index (Phi) is 4.96. The standard InChI is InChI=1S/C16H23N3O2/c1-5-8-19(9-10-21-4)16(20)15-13-11-12(2)6-7-14(13)18(3)17-15/h6-7,11H,5,8-10H2,1-4H3. The van der Waals surface area contributed by atoms with Crippen molar-refractivity contribution in [3.63, 3.8) is 0 Å². The molecule has 5 nitrogen and oxygen atoms in total. The lowest BCUT2D eigenvalue weighted by atomic mass is 10.1. The molecule has 0 aliphatic rings. The van der Waals surface area contributed by atoms with E-state index in [4.69, 9.17) is 4.74 Å². The van der Waals surface area contributed by atoms with Crippen molar-refractivity contribution in [2.75, 3.05) is 26.8 Å². The van der Waals surface area contributed by atoms with Crippen LogP contribution in [-0.2, 0) is 11.8 Å². The molecule has 1 aromatic heterocycles. The molecular weight excluding hydrogens is 266 g/mol. The van der Waals surface area contributed by atoms with Crippen molar-refractivity contribution < 1.29 is 9.53 Å². The van der Waals surface area contributed by atoms with Crippen molar-refractivity contribution in [3.05, 3.63) is 29.5 Å². The maximum atomic E-state index is 12.8. The number of hydrogen-bond donors (Lipinski definition) is 0. The lowest BCUT2D eigenvalue weighted by molar-refractivity contribution is 0.0691. The highest BCUT2D eigenvalue weighted by molar-refractivity contribution is 6.05. The summed E-state index contributed by atoms with van der Waals surface area (Å²) in [6.07, 6.45) is 0.916. The SMILES string of the molecule is CCCN(CCOC)C(=O)c1nn(C)c2ccc(C)cc12. The summed E-state index contributed by atoms with van der Waals surface area (Å²) in [6, 6.07) is 6.07. The Bertz CT molecular complexity index is 634. The molecule has 0 atom stereocenters. The largest absolute Gasteiger partial charge is 0.383 e. The number of aromatic nitrogens is 2. The Labute approximate surface area is 125 Å². The van der Waals surface area contributed by atoms with Crippen LogP contribution in [0.25, 0.3) is 10.9 Å². The van der Waals surface area contributed by atoms with E-state index in [1.54, 1.807) is 11.8 Å². The highest BCUT2D eigenvalue weighted by Crippen LogP contribution is 2.21. The molecule has 0 aliphatic heterocycles. The topological polar surface area (TPSA) is 47.4 Å². The lowest BCUT2D eigenvalue weighted by Gasteiger charge is -2.20. The Balaban J connectivity index is 2.39. The molecule has 0 spiro atoms. The number of methoxy groups -OCH3 is 1. The van der Waals surface area contributed by atoms with Gasteiger partial charge in [0, 0.05) is 32.6 Å². The summed E-state index contributed by atoms with van der Waals surface area (Å²) in [5, 5.41) is 5.34. The van der Waals surface area contributed by atoms with Crippen molar-refractivity contribution in [2.24, 2.45) is 7.05 Å². The van der Waals surface area contributed by atoms with Gasteiger partial charge in [0.15, 0.2) is 5.69 Å². The average molecular weight is 289 g/mol. The fourth-order valence-corrected chi connectivity index (χ4v) is 2.47. The fraction of sp³-hybridized carbons (Fsp3) is 0.500. The van der Waals surface area contributed by atoms with Gasteiger partial charge in [0.1, 0.15) is 0 Å². The molecule has 0 fully saturated rings. The van der Waals surface area contributed by atoms with Gasteiger partial charge < -0.3 is 9.64 Å². The van der Waals surface area contributed by atoms with Gasteiger partial charge in [-0.2, -0.15) is 5.10 Å². The molecule has 0 bridgehead atoms. The molecule has 5 heteroatoms. The molecule has 0 radical (unpaired) electrons. The van der Waals surface area contributed by atoms with Crippen LogP contribution in [0.3, 0.4) is 0 Å². The van der Waals surface area contributed by atoms with Crippen LogP contribution in [0.4, 0.5) is 0 Å². The summed E-state index contributed by atoms with van der Waals surface area (Å²) in [5.41, 5.74) is 2.64. The van der Waals surface area contributed by atoms with Crippen LogP contribution in [0.15, 0.2) is 18.2 Å². The maximum Gasteiger partial charge on any atom is 0.275 e. The fourth-order valence-electron chi connectivity index (χ4n) is 2.47. The van der Waals surface area contributed by atoms with E-state index in [9.17, 15) is 4.79 Å². The van der Waals surface area contributed by atoms with Crippen molar-refractivity contribution in [2.45, 2.75) is 20.3 Å². The van der Waals surface area contributed by atoms with Crippen LogP contribution in [0.1, 0.15) is 29.4 Å². The molecule has 114 valence electrons. The minimum Gasteiger partial charge on any atom is -0.383 e. The number of amides is 1. The molecule has 0 unspecified atom stereocenters. The summed E-state index contributed by atoms with van der Waals surface area (Å²) in [5.74, 6) is -0.0231. The van der Waals surface area contributed by atoms with Crippen LogP contribution >= 0.6 is 0 Å². The summed E-state index contributed by atoms with van der Waals surface area (Å²) < 4.78 is 6.86. The molecule has 21 heavy (non-hydrogen) atoms. The first-order valence-electron chi connectivity index (χ1n) is 7.30. The van der Waals surface area contributed by atoms with E-state index in [0.717, 1.165) is 22.9 Å². The zero-order valence-corrected chi connectivity index (χ0v) is 13.2. The number of hydrogen-bond acceptors (Lipinski definition) is 3. The zero-order valence-electron chi connectivity index (χ0n) is 13.2. The predicted octanol–water partition coefficient (Wildman–Crippen LogP) is 2.38. The number of carbonyl (C=O) groups excluding carboxylic acids is 1. The second-order valence-corrected chi connectivity index (χ2v) is 5.28.